The number of ether oxygens (including phenoxy) is 2. The number of ketones is 1. The number of carbonyl (C=O) groups excluding carboxylic acids is 1. The van der Waals surface area contributed by atoms with Crippen LogP contribution in [0.4, 0.5) is 0 Å². The largest absolute Gasteiger partial charge is 0.493 e. The molecular formula is C13H20O3. The van der Waals surface area contributed by atoms with Gasteiger partial charge in [0.2, 0.25) is 0 Å². The molecule has 0 amide bonds. The average molecular weight is 224 g/mol. The molecule has 0 spiro atoms. The van der Waals surface area contributed by atoms with Gasteiger partial charge in [-0.05, 0) is 12.1 Å². The van der Waals surface area contributed by atoms with E-state index in [1.54, 1.807) is 14.2 Å². The summed E-state index contributed by atoms with van der Waals surface area (Å²) in [5.74, 6) is 1.88. The first-order valence-corrected chi connectivity index (χ1v) is 5.38. The minimum absolute atomic E-state index is 0.343. The molecule has 90 valence electrons. The number of benzene rings is 1. The standard InChI is InChI=1S/C8H10O2.C5H10O/c1-9-7-5-3-4-6-8(7)10-2;1-3-5(6)4-2/h3-6H,1-2H3;3-4H2,1-2H3. The van der Waals surface area contributed by atoms with Crippen LogP contribution in [0.2, 0.25) is 0 Å². The van der Waals surface area contributed by atoms with E-state index < -0.39 is 0 Å². The Balaban J connectivity index is 0.000000325. The Morgan fingerprint density at radius 1 is 1.00 bits per heavy atom. The molecule has 1 rings (SSSR count). The van der Waals surface area contributed by atoms with Crippen molar-refractivity contribution in [3.8, 4) is 11.5 Å². The molecule has 0 aliphatic carbocycles. The molecule has 0 aliphatic heterocycles. The number of methoxy groups -OCH3 is 2. The highest BCUT2D eigenvalue weighted by molar-refractivity contribution is 5.77. The van der Waals surface area contributed by atoms with Crippen molar-refractivity contribution < 1.29 is 14.3 Å². The van der Waals surface area contributed by atoms with E-state index in [0.29, 0.717) is 18.6 Å². The van der Waals surface area contributed by atoms with Crippen LogP contribution in [0.25, 0.3) is 0 Å². The zero-order valence-electron chi connectivity index (χ0n) is 10.4. The van der Waals surface area contributed by atoms with Gasteiger partial charge in [0.1, 0.15) is 5.78 Å². The molecule has 0 atom stereocenters. The number of hydrogen-bond acceptors (Lipinski definition) is 3. The molecule has 0 saturated carbocycles. The lowest BCUT2D eigenvalue weighted by Crippen LogP contribution is -1.88. The highest BCUT2D eigenvalue weighted by Gasteiger charge is 1.97. The first kappa shape index (κ1) is 14.5. The lowest BCUT2D eigenvalue weighted by molar-refractivity contribution is -0.118. The van der Waals surface area contributed by atoms with Crippen molar-refractivity contribution in [2.45, 2.75) is 26.7 Å². The molecule has 16 heavy (non-hydrogen) atoms. The van der Waals surface area contributed by atoms with Crippen LogP contribution in [0.5, 0.6) is 11.5 Å². The molecule has 0 radical (unpaired) electrons. The van der Waals surface area contributed by atoms with Crippen LogP contribution >= 0.6 is 0 Å². The Labute approximate surface area is 97.4 Å². The van der Waals surface area contributed by atoms with Crippen LogP contribution < -0.4 is 9.47 Å². The molecule has 3 nitrogen and oxygen atoms in total. The quantitative estimate of drug-likeness (QED) is 0.788. The summed E-state index contributed by atoms with van der Waals surface area (Å²) in [5.41, 5.74) is 0. The number of Topliss-reactive ketones (excluding diaryl/α,β-unsaturated/α-hetero) is 1. The fourth-order valence-corrected chi connectivity index (χ4v) is 1.04. The van der Waals surface area contributed by atoms with Gasteiger partial charge >= 0.3 is 0 Å². The van der Waals surface area contributed by atoms with Gasteiger partial charge < -0.3 is 9.47 Å². The van der Waals surface area contributed by atoms with Crippen LogP contribution in [-0.4, -0.2) is 20.0 Å². The molecule has 0 N–H and O–H groups in total. The number of hydrogen-bond donors (Lipinski definition) is 0. The van der Waals surface area contributed by atoms with Crippen LogP contribution in [-0.2, 0) is 4.79 Å². The lowest BCUT2D eigenvalue weighted by Gasteiger charge is -2.04. The summed E-state index contributed by atoms with van der Waals surface area (Å²) in [7, 11) is 3.25. The van der Waals surface area contributed by atoms with E-state index in [1.807, 2.05) is 38.1 Å². The summed E-state index contributed by atoms with van der Waals surface area (Å²) < 4.78 is 10.0. The Kier molecular flexibility index (Phi) is 7.94. The molecule has 0 aromatic heterocycles. The van der Waals surface area contributed by atoms with Crippen LogP contribution in [0.3, 0.4) is 0 Å². The van der Waals surface area contributed by atoms with Gasteiger partial charge in [-0.2, -0.15) is 0 Å². The van der Waals surface area contributed by atoms with E-state index in [-0.39, 0.29) is 0 Å². The number of rotatable bonds is 4. The topological polar surface area (TPSA) is 35.5 Å². The molecule has 3 heteroatoms. The molecule has 1 aromatic rings. The fourth-order valence-electron chi connectivity index (χ4n) is 1.04. The van der Waals surface area contributed by atoms with Crippen molar-refractivity contribution in [2.75, 3.05) is 14.2 Å². The van der Waals surface area contributed by atoms with Crippen molar-refractivity contribution in [2.24, 2.45) is 0 Å². The van der Waals surface area contributed by atoms with Crippen molar-refractivity contribution in [3.63, 3.8) is 0 Å². The normalized spacial score (nSPS) is 8.75. The Hall–Kier alpha value is -1.51. The highest BCUT2D eigenvalue weighted by atomic mass is 16.5. The predicted molar refractivity (Wildman–Crippen MR) is 65.1 cm³/mol. The van der Waals surface area contributed by atoms with Crippen molar-refractivity contribution >= 4 is 5.78 Å². The van der Waals surface area contributed by atoms with E-state index >= 15 is 0 Å². The van der Waals surface area contributed by atoms with Crippen LogP contribution in [0.15, 0.2) is 24.3 Å². The SMILES string of the molecule is CCC(=O)CC.COc1ccccc1OC. The first-order valence-electron chi connectivity index (χ1n) is 5.38. The third-order valence-electron chi connectivity index (χ3n) is 2.08. The van der Waals surface area contributed by atoms with Gasteiger partial charge in [0.05, 0.1) is 14.2 Å². The third-order valence-corrected chi connectivity index (χ3v) is 2.08. The molecule has 0 fully saturated rings. The summed E-state index contributed by atoms with van der Waals surface area (Å²) >= 11 is 0. The fraction of sp³-hybridized carbons (Fsp3) is 0.462. The van der Waals surface area contributed by atoms with Gasteiger partial charge in [-0.3, -0.25) is 4.79 Å². The van der Waals surface area contributed by atoms with E-state index in [1.165, 1.54) is 0 Å². The first-order chi connectivity index (χ1) is 7.69. The van der Waals surface area contributed by atoms with E-state index in [9.17, 15) is 4.79 Å². The van der Waals surface area contributed by atoms with E-state index in [4.69, 9.17) is 9.47 Å². The maximum absolute atomic E-state index is 10.2. The van der Waals surface area contributed by atoms with E-state index in [0.717, 1.165) is 11.5 Å². The summed E-state index contributed by atoms with van der Waals surface area (Å²) in [6.07, 6.45) is 1.38. The maximum Gasteiger partial charge on any atom is 0.160 e. The second-order valence-corrected chi connectivity index (χ2v) is 3.10. The van der Waals surface area contributed by atoms with Gasteiger partial charge in [0.15, 0.2) is 11.5 Å². The number of carbonyl (C=O) groups is 1. The maximum atomic E-state index is 10.2. The second-order valence-electron chi connectivity index (χ2n) is 3.10. The molecule has 0 bridgehead atoms. The van der Waals surface area contributed by atoms with Crippen molar-refractivity contribution in [1.82, 2.24) is 0 Å². The summed E-state index contributed by atoms with van der Waals surface area (Å²) in [4.78, 5) is 10.2. The van der Waals surface area contributed by atoms with Gasteiger partial charge in [-0.1, -0.05) is 26.0 Å². The average Bonchev–Trinajstić information content (AvgIpc) is 2.38. The molecule has 1 aromatic carbocycles. The predicted octanol–water partition coefficient (Wildman–Crippen LogP) is 3.08. The monoisotopic (exact) mass is 224 g/mol. The Morgan fingerprint density at radius 3 is 1.56 bits per heavy atom. The van der Waals surface area contributed by atoms with Crippen LogP contribution in [0, 0.1) is 0 Å². The van der Waals surface area contributed by atoms with E-state index in [2.05, 4.69) is 0 Å². The van der Waals surface area contributed by atoms with Gasteiger partial charge in [0.25, 0.3) is 0 Å². The molecule has 0 aliphatic rings. The summed E-state index contributed by atoms with van der Waals surface area (Å²) in [5, 5.41) is 0. The summed E-state index contributed by atoms with van der Waals surface area (Å²) in [6.45, 7) is 3.76. The summed E-state index contributed by atoms with van der Waals surface area (Å²) in [6, 6.07) is 7.53. The minimum atomic E-state index is 0.343. The molecule has 0 heterocycles. The molecule has 0 unspecified atom stereocenters. The molecular weight excluding hydrogens is 204 g/mol. The zero-order chi connectivity index (χ0) is 12.4. The smallest absolute Gasteiger partial charge is 0.160 e. The minimum Gasteiger partial charge on any atom is -0.493 e. The Bertz CT molecular complexity index is 279. The highest BCUT2D eigenvalue weighted by Crippen LogP contribution is 2.24. The zero-order valence-corrected chi connectivity index (χ0v) is 10.4. The van der Waals surface area contributed by atoms with Gasteiger partial charge in [-0.25, -0.2) is 0 Å². The second kappa shape index (κ2) is 8.77. The van der Waals surface area contributed by atoms with Crippen molar-refractivity contribution in [3.05, 3.63) is 24.3 Å². The third kappa shape index (κ3) is 5.39. The van der Waals surface area contributed by atoms with Gasteiger partial charge in [0, 0.05) is 12.8 Å². The van der Waals surface area contributed by atoms with Gasteiger partial charge in [-0.15, -0.1) is 0 Å². The lowest BCUT2D eigenvalue weighted by atomic mass is 10.3. The van der Waals surface area contributed by atoms with Crippen molar-refractivity contribution in [1.29, 1.82) is 0 Å². The Morgan fingerprint density at radius 2 is 1.38 bits per heavy atom. The number of para-hydroxylation sites is 2. The molecule has 0 saturated heterocycles. The van der Waals surface area contributed by atoms with Crippen LogP contribution in [0.1, 0.15) is 26.7 Å².